The summed E-state index contributed by atoms with van der Waals surface area (Å²) in [4.78, 5) is 1.18. The molecular formula is C12H14N2S. The lowest BCUT2D eigenvalue weighted by molar-refractivity contribution is 0.509. The van der Waals surface area contributed by atoms with Gasteiger partial charge >= 0.3 is 0 Å². The summed E-state index contributed by atoms with van der Waals surface area (Å²) in [5.74, 6) is 2.66. The lowest BCUT2D eigenvalue weighted by Gasteiger charge is -2.12. The van der Waals surface area contributed by atoms with Gasteiger partial charge in [0.15, 0.2) is 0 Å². The van der Waals surface area contributed by atoms with Crippen molar-refractivity contribution in [2.45, 2.75) is 32.4 Å². The maximum absolute atomic E-state index is 8.67. The van der Waals surface area contributed by atoms with Gasteiger partial charge in [0, 0.05) is 29.3 Å². The van der Waals surface area contributed by atoms with E-state index in [9.17, 15) is 0 Å². The zero-order valence-electron chi connectivity index (χ0n) is 8.79. The molecule has 0 amide bonds. The number of terminal acetylenes is 1. The van der Waals surface area contributed by atoms with Crippen LogP contribution in [0.3, 0.4) is 0 Å². The Bertz CT molecular complexity index is 381. The summed E-state index contributed by atoms with van der Waals surface area (Å²) in [7, 11) is 0. The highest BCUT2D eigenvalue weighted by Gasteiger charge is 2.04. The van der Waals surface area contributed by atoms with E-state index in [4.69, 9.17) is 11.7 Å². The van der Waals surface area contributed by atoms with Gasteiger partial charge in [0.1, 0.15) is 6.07 Å². The van der Waals surface area contributed by atoms with Gasteiger partial charge in [0.05, 0.1) is 5.56 Å². The Labute approximate surface area is 94.9 Å². The monoisotopic (exact) mass is 218 g/mol. The lowest BCUT2D eigenvalue weighted by Crippen LogP contribution is -2.26. The SMILES string of the molecule is C#CCC(CC)NCc1cc(C#N)cs1. The van der Waals surface area contributed by atoms with Gasteiger partial charge in [-0.05, 0) is 12.5 Å². The van der Waals surface area contributed by atoms with E-state index in [0.717, 1.165) is 24.9 Å². The van der Waals surface area contributed by atoms with Crippen molar-refractivity contribution in [2.75, 3.05) is 0 Å². The van der Waals surface area contributed by atoms with Crippen LogP contribution in [0.1, 0.15) is 30.2 Å². The standard InChI is InChI=1S/C12H14N2S/c1-3-5-11(4-2)14-8-12-6-10(7-13)9-15-12/h1,6,9,11,14H,4-5,8H2,2H3. The van der Waals surface area contributed by atoms with Crippen molar-refractivity contribution >= 4 is 11.3 Å². The largest absolute Gasteiger partial charge is 0.308 e. The summed E-state index contributed by atoms with van der Waals surface area (Å²) >= 11 is 1.61. The molecule has 1 rings (SSSR count). The lowest BCUT2D eigenvalue weighted by atomic mass is 10.1. The molecule has 0 aromatic carbocycles. The van der Waals surface area contributed by atoms with Crippen LogP contribution in [-0.2, 0) is 6.54 Å². The molecule has 1 N–H and O–H groups in total. The summed E-state index contributed by atoms with van der Waals surface area (Å²) in [6, 6.07) is 4.42. The molecule has 0 spiro atoms. The van der Waals surface area contributed by atoms with Crippen molar-refractivity contribution in [1.82, 2.24) is 5.32 Å². The van der Waals surface area contributed by atoms with E-state index in [2.05, 4.69) is 24.2 Å². The highest BCUT2D eigenvalue weighted by Crippen LogP contribution is 2.13. The van der Waals surface area contributed by atoms with Gasteiger partial charge in [-0.1, -0.05) is 6.92 Å². The van der Waals surface area contributed by atoms with E-state index < -0.39 is 0 Å². The molecule has 0 fully saturated rings. The van der Waals surface area contributed by atoms with E-state index in [-0.39, 0.29) is 0 Å². The maximum Gasteiger partial charge on any atom is 0.100 e. The first-order valence-corrected chi connectivity index (χ1v) is 5.82. The third-order valence-electron chi connectivity index (χ3n) is 2.20. The minimum absolute atomic E-state index is 0.377. The van der Waals surface area contributed by atoms with Gasteiger partial charge in [0.25, 0.3) is 0 Å². The third kappa shape index (κ3) is 3.75. The second kappa shape index (κ2) is 6.24. The van der Waals surface area contributed by atoms with Crippen LogP contribution >= 0.6 is 11.3 Å². The molecular weight excluding hydrogens is 204 g/mol. The summed E-state index contributed by atoms with van der Waals surface area (Å²) in [6.45, 7) is 2.91. The maximum atomic E-state index is 8.67. The summed E-state index contributed by atoms with van der Waals surface area (Å²) < 4.78 is 0. The fourth-order valence-electron chi connectivity index (χ4n) is 1.28. The first-order chi connectivity index (χ1) is 7.30. The Morgan fingerprint density at radius 1 is 1.67 bits per heavy atom. The Balaban J connectivity index is 2.43. The second-order valence-corrected chi connectivity index (χ2v) is 4.30. The van der Waals surface area contributed by atoms with Crippen LogP contribution < -0.4 is 5.32 Å². The Hall–Kier alpha value is -1.29. The minimum Gasteiger partial charge on any atom is -0.308 e. The predicted molar refractivity (Wildman–Crippen MR) is 63.4 cm³/mol. The Morgan fingerprint density at radius 3 is 3.00 bits per heavy atom. The van der Waals surface area contributed by atoms with E-state index >= 15 is 0 Å². The number of thiophene rings is 1. The Morgan fingerprint density at radius 2 is 2.47 bits per heavy atom. The molecule has 0 saturated heterocycles. The van der Waals surface area contributed by atoms with Gasteiger partial charge in [-0.2, -0.15) is 5.26 Å². The summed E-state index contributed by atoms with van der Waals surface area (Å²) in [5.41, 5.74) is 0.738. The van der Waals surface area contributed by atoms with Gasteiger partial charge in [0.2, 0.25) is 0 Å². The zero-order chi connectivity index (χ0) is 11.1. The van der Waals surface area contributed by atoms with Gasteiger partial charge < -0.3 is 5.32 Å². The molecule has 0 radical (unpaired) electrons. The molecule has 1 aromatic rings. The van der Waals surface area contributed by atoms with Crippen LogP contribution in [0.2, 0.25) is 0 Å². The molecule has 2 nitrogen and oxygen atoms in total. The van der Waals surface area contributed by atoms with Crippen molar-refractivity contribution < 1.29 is 0 Å². The quantitative estimate of drug-likeness (QED) is 0.771. The smallest absolute Gasteiger partial charge is 0.100 e. The molecule has 0 aliphatic heterocycles. The van der Waals surface area contributed by atoms with Crippen LogP contribution in [0.15, 0.2) is 11.4 Å². The molecule has 1 unspecified atom stereocenters. The molecule has 78 valence electrons. The molecule has 1 aromatic heterocycles. The van der Waals surface area contributed by atoms with Crippen molar-refractivity contribution in [3.63, 3.8) is 0 Å². The van der Waals surface area contributed by atoms with Crippen molar-refractivity contribution in [3.8, 4) is 18.4 Å². The summed E-state index contributed by atoms with van der Waals surface area (Å²) in [5, 5.41) is 13.9. The predicted octanol–water partition coefficient (Wildman–Crippen LogP) is 2.51. The van der Waals surface area contributed by atoms with Gasteiger partial charge in [-0.25, -0.2) is 0 Å². The number of nitriles is 1. The molecule has 3 heteroatoms. The topological polar surface area (TPSA) is 35.8 Å². The van der Waals surface area contributed by atoms with Crippen LogP contribution in [-0.4, -0.2) is 6.04 Å². The minimum atomic E-state index is 0.377. The first kappa shape index (κ1) is 11.8. The highest BCUT2D eigenvalue weighted by molar-refractivity contribution is 7.10. The van der Waals surface area contributed by atoms with Crippen LogP contribution in [0.4, 0.5) is 0 Å². The normalized spacial score (nSPS) is 11.7. The molecule has 1 heterocycles. The molecule has 0 bridgehead atoms. The average Bonchev–Trinajstić information content (AvgIpc) is 2.72. The van der Waals surface area contributed by atoms with Gasteiger partial charge in [-0.3, -0.25) is 0 Å². The second-order valence-electron chi connectivity index (χ2n) is 3.31. The fraction of sp³-hybridized carbons (Fsp3) is 0.417. The van der Waals surface area contributed by atoms with E-state index in [1.807, 2.05) is 11.4 Å². The number of nitrogens with zero attached hydrogens (tertiary/aromatic N) is 1. The molecule has 0 aliphatic rings. The average molecular weight is 218 g/mol. The van der Waals surface area contributed by atoms with Crippen LogP contribution in [0.5, 0.6) is 0 Å². The molecule has 0 aliphatic carbocycles. The van der Waals surface area contributed by atoms with E-state index in [1.54, 1.807) is 11.3 Å². The van der Waals surface area contributed by atoms with Crippen molar-refractivity contribution in [1.29, 1.82) is 5.26 Å². The van der Waals surface area contributed by atoms with E-state index in [0.29, 0.717) is 6.04 Å². The third-order valence-corrected chi connectivity index (χ3v) is 3.14. The van der Waals surface area contributed by atoms with Crippen LogP contribution in [0, 0.1) is 23.7 Å². The Kier molecular flexibility index (Phi) is 4.90. The van der Waals surface area contributed by atoms with Crippen LogP contribution in [0.25, 0.3) is 0 Å². The van der Waals surface area contributed by atoms with Gasteiger partial charge in [-0.15, -0.1) is 23.7 Å². The fourth-order valence-corrected chi connectivity index (χ4v) is 2.04. The number of rotatable bonds is 5. The number of nitrogens with one attached hydrogen (secondary N) is 1. The summed E-state index contributed by atoms with van der Waals surface area (Å²) in [6.07, 6.45) is 7.05. The molecule has 15 heavy (non-hydrogen) atoms. The first-order valence-electron chi connectivity index (χ1n) is 4.94. The van der Waals surface area contributed by atoms with Crippen molar-refractivity contribution in [2.24, 2.45) is 0 Å². The highest BCUT2D eigenvalue weighted by atomic mass is 32.1. The van der Waals surface area contributed by atoms with Crippen molar-refractivity contribution in [3.05, 3.63) is 21.9 Å². The molecule has 1 atom stereocenters. The number of hydrogen-bond acceptors (Lipinski definition) is 3. The van der Waals surface area contributed by atoms with E-state index in [1.165, 1.54) is 4.88 Å². The number of hydrogen-bond donors (Lipinski definition) is 1. The molecule has 0 saturated carbocycles. The zero-order valence-corrected chi connectivity index (χ0v) is 9.60.